The Hall–Kier alpha value is -3.30. The van der Waals surface area contributed by atoms with Crippen molar-refractivity contribution in [2.75, 3.05) is 5.32 Å². The molecular weight excluding hydrogens is 406 g/mol. The zero-order valence-electron chi connectivity index (χ0n) is 15.5. The van der Waals surface area contributed by atoms with Crippen LogP contribution in [0.2, 0.25) is 0 Å². The number of hydrogen-bond acceptors (Lipinski definition) is 7. The lowest BCUT2D eigenvalue weighted by atomic mass is 10.1. The fraction of sp³-hybridized carbons (Fsp3) is 0.100. The molecule has 0 aliphatic rings. The second kappa shape index (κ2) is 6.94. The van der Waals surface area contributed by atoms with Crippen molar-refractivity contribution in [2.24, 2.45) is 7.05 Å². The number of thiazole rings is 1. The number of fused-ring (bicyclic) bond motifs is 1. The van der Waals surface area contributed by atoms with Crippen molar-refractivity contribution in [1.29, 1.82) is 0 Å². The highest BCUT2D eigenvalue weighted by atomic mass is 32.1. The van der Waals surface area contributed by atoms with Crippen LogP contribution < -0.4 is 5.32 Å². The largest absolute Gasteiger partial charge is 0.463 e. The van der Waals surface area contributed by atoms with E-state index in [1.54, 1.807) is 34.4 Å². The van der Waals surface area contributed by atoms with Crippen molar-refractivity contribution < 1.29 is 9.21 Å². The van der Waals surface area contributed by atoms with Gasteiger partial charge >= 0.3 is 0 Å². The Morgan fingerprint density at radius 1 is 1.17 bits per heavy atom. The van der Waals surface area contributed by atoms with Gasteiger partial charge in [0.05, 0.1) is 33.5 Å². The van der Waals surface area contributed by atoms with Gasteiger partial charge in [-0.05, 0) is 36.6 Å². The van der Waals surface area contributed by atoms with E-state index in [9.17, 15) is 4.79 Å². The van der Waals surface area contributed by atoms with E-state index in [1.165, 1.54) is 11.3 Å². The second-order valence-corrected chi connectivity index (χ2v) is 8.22. The lowest BCUT2D eigenvalue weighted by Gasteiger charge is -2.07. The van der Waals surface area contributed by atoms with Gasteiger partial charge in [-0.15, -0.1) is 22.7 Å². The number of pyridine rings is 1. The van der Waals surface area contributed by atoms with Crippen LogP contribution in [-0.2, 0) is 7.05 Å². The molecule has 5 heterocycles. The fourth-order valence-electron chi connectivity index (χ4n) is 3.21. The number of anilines is 1. The Morgan fingerprint density at radius 3 is 2.83 bits per heavy atom. The van der Waals surface area contributed by atoms with Crippen LogP contribution in [0.5, 0.6) is 0 Å². The number of hydrogen-bond donors (Lipinski definition) is 1. The number of nitrogens with zero attached hydrogens (tertiary/aromatic N) is 4. The lowest BCUT2D eigenvalue weighted by Crippen LogP contribution is -2.13. The van der Waals surface area contributed by atoms with Gasteiger partial charge in [-0.1, -0.05) is 6.07 Å². The molecule has 1 amide bonds. The van der Waals surface area contributed by atoms with E-state index in [2.05, 4.69) is 20.4 Å². The fourth-order valence-corrected chi connectivity index (χ4v) is 4.67. The number of thiophene rings is 1. The SMILES string of the molecule is Cc1nn(C)c2nc(-c3ccco3)cc(C(=O)Nc3nc(-c4cccs4)cs3)c12. The highest BCUT2D eigenvalue weighted by Gasteiger charge is 2.21. The number of aryl methyl sites for hydroxylation is 2. The summed E-state index contributed by atoms with van der Waals surface area (Å²) in [7, 11) is 1.81. The van der Waals surface area contributed by atoms with Gasteiger partial charge < -0.3 is 4.42 Å². The standard InChI is InChI=1S/C20H15N5O2S2/c1-11-17-12(9-13(15-5-3-7-27-15)21-18(17)25(2)24-11)19(26)23-20-22-14(10-29-20)16-6-4-8-28-16/h3-10H,1-2H3,(H,22,23,26). The molecule has 0 unspecified atom stereocenters. The molecule has 9 heteroatoms. The maximum absolute atomic E-state index is 13.2. The summed E-state index contributed by atoms with van der Waals surface area (Å²) in [6.45, 7) is 1.87. The van der Waals surface area contributed by atoms with Gasteiger partial charge in [-0.25, -0.2) is 9.97 Å². The zero-order valence-corrected chi connectivity index (χ0v) is 17.2. The Morgan fingerprint density at radius 2 is 2.07 bits per heavy atom. The molecule has 0 atom stereocenters. The number of carbonyl (C=O) groups is 1. The molecule has 1 N–H and O–H groups in total. The summed E-state index contributed by atoms with van der Waals surface area (Å²) in [5.41, 5.74) is 3.28. The first-order valence-corrected chi connectivity index (χ1v) is 10.5. The number of aromatic nitrogens is 4. The van der Waals surface area contributed by atoms with Crippen molar-refractivity contribution >= 4 is 44.7 Å². The Labute approximate surface area is 173 Å². The molecule has 144 valence electrons. The minimum absolute atomic E-state index is 0.256. The molecule has 0 aromatic carbocycles. The van der Waals surface area contributed by atoms with Crippen molar-refractivity contribution in [2.45, 2.75) is 6.92 Å². The molecule has 0 radical (unpaired) electrons. The van der Waals surface area contributed by atoms with Gasteiger partial charge in [0.25, 0.3) is 5.91 Å². The Bertz CT molecular complexity index is 1320. The van der Waals surface area contributed by atoms with E-state index in [4.69, 9.17) is 4.42 Å². The average Bonchev–Trinajstić information content (AvgIpc) is 3.50. The molecule has 0 spiro atoms. The van der Waals surface area contributed by atoms with Gasteiger partial charge in [0.1, 0.15) is 5.69 Å². The van der Waals surface area contributed by atoms with Crippen LogP contribution in [0.4, 0.5) is 5.13 Å². The van der Waals surface area contributed by atoms with Gasteiger partial charge in [-0.3, -0.25) is 14.8 Å². The predicted octanol–water partition coefficient (Wildman–Crippen LogP) is 4.97. The molecule has 0 fully saturated rings. The molecule has 5 aromatic rings. The van der Waals surface area contributed by atoms with Gasteiger partial charge in [0.15, 0.2) is 16.5 Å². The summed E-state index contributed by atoms with van der Waals surface area (Å²) in [5.74, 6) is 0.336. The summed E-state index contributed by atoms with van der Waals surface area (Å²) in [5, 5.41) is 12.6. The number of carbonyl (C=O) groups excluding carboxylic acids is 1. The molecular formula is C20H15N5O2S2. The van der Waals surface area contributed by atoms with Crippen molar-refractivity contribution in [1.82, 2.24) is 19.7 Å². The van der Waals surface area contributed by atoms with Crippen LogP contribution in [0.15, 0.2) is 51.8 Å². The van der Waals surface area contributed by atoms with Gasteiger partial charge in [0.2, 0.25) is 0 Å². The molecule has 0 aliphatic carbocycles. The Kier molecular flexibility index (Phi) is 4.26. The topological polar surface area (TPSA) is 85.8 Å². The minimum Gasteiger partial charge on any atom is -0.463 e. The lowest BCUT2D eigenvalue weighted by molar-refractivity contribution is 0.102. The molecule has 0 saturated carbocycles. The number of furan rings is 1. The third-order valence-corrected chi connectivity index (χ3v) is 6.14. The zero-order chi connectivity index (χ0) is 20.0. The number of amides is 1. The minimum atomic E-state index is -0.256. The highest BCUT2D eigenvalue weighted by molar-refractivity contribution is 7.16. The third kappa shape index (κ3) is 3.14. The first-order valence-electron chi connectivity index (χ1n) is 8.79. The summed E-state index contributed by atoms with van der Waals surface area (Å²) < 4.78 is 7.15. The molecule has 0 saturated heterocycles. The summed E-state index contributed by atoms with van der Waals surface area (Å²) in [6.07, 6.45) is 1.58. The van der Waals surface area contributed by atoms with Crippen LogP contribution in [0.3, 0.4) is 0 Å². The van der Waals surface area contributed by atoms with E-state index in [0.29, 0.717) is 27.8 Å². The second-order valence-electron chi connectivity index (χ2n) is 6.41. The highest BCUT2D eigenvalue weighted by Crippen LogP contribution is 2.30. The summed E-state index contributed by atoms with van der Waals surface area (Å²) in [6, 6.07) is 9.32. The summed E-state index contributed by atoms with van der Waals surface area (Å²) in [4.78, 5) is 23.4. The van der Waals surface area contributed by atoms with Gasteiger partial charge in [-0.2, -0.15) is 5.10 Å². The van der Waals surface area contributed by atoms with Crippen LogP contribution in [0, 0.1) is 6.92 Å². The van der Waals surface area contributed by atoms with Crippen LogP contribution in [0.1, 0.15) is 16.1 Å². The Balaban J connectivity index is 1.56. The first kappa shape index (κ1) is 17.8. The molecule has 5 aromatic heterocycles. The van der Waals surface area contributed by atoms with Crippen molar-refractivity contribution in [3.05, 3.63) is 58.6 Å². The van der Waals surface area contributed by atoms with E-state index >= 15 is 0 Å². The quantitative estimate of drug-likeness (QED) is 0.443. The number of nitrogens with one attached hydrogen (secondary N) is 1. The first-order chi connectivity index (χ1) is 14.1. The van der Waals surface area contributed by atoms with Crippen molar-refractivity contribution in [3.8, 4) is 22.0 Å². The van der Waals surface area contributed by atoms with Crippen LogP contribution >= 0.6 is 22.7 Å². The maximum Gasteiger partial charge on any atom is 0.258 e. The molecule has 0 aliphatic heterocycles. The monoisotopic (exact) mass is 421 g/mol. The molecule has 0 bridgehead atoms. The van der Waals surface area contributed by atoms with E-state index < -0.39 is 0 Å². The average molecular weight is 422 g/mol. The molecule has 29 heavy (non-hydrogen) atoms. The van der Waals surface area contributed by atoms with Crippen LogP contribution in [0.25, 0.3) is 33.1 Å². The van der Waals surface area contributed by atoms with Crippen molar-refractivity contribution in [3.63, 3.8) is 0 Å². The third-order valence-electron chi connectivity index (χ3n) is 4.49. The maximum atomic E-state index is 13.2. The molecule has 5 rings (SSSR count). The van der Waals surface area contributed by atoms with Crippen LogP contribution in [-0.4, -0.2) is 25.7 Å². The van der Waals surface area contributed by atoms with E-state index in [0.717, 1.165) is 21.7 Å². The predicted molar refractivity (Wildman–Crippen MR) is 114 cm³/mol. The smallest absolute Gasteiger partial charge is 0.258 e. The summed E-state index contributed by atoms with van der Waals surface area (Å²) >= 11 is 3.01. The van der Waals surface area contributed by atoms with E-state index in [-0.39, 0.29) is 5.91 Å². The normalized spacial score (nSPS) is 11.2. The van der Waals surface area contributed by atoms with E-state index in [1.807, 2.05) is 42.9 Å². The molecule has 7 nitrogen and oxygen atoms in total. The number of rotatable bonds is 4. The van der Waals surface area contributed by atoms with Gasteiger partial charge in [0, 0.05) is 12.4 Å².